The molecule has 1 aromatic rings. The molecule has 0 aliphatic heterocycles. The van der Waals surface area contributed by atoms with Gasteiger partial charge in [0.1, 0.15) is 12.8 Å². The summed E-state index contributed by atoms with van der Waals surface area (Å²) in [6.45, 7) is 0.409. The zero-order chi connectivity index (χ0) is 13.1. The Kier molecular flexibility index (Phi) is 3.59. The molecule has 1 unspecified atom stereocenters. The van der Waals surface area contributed by atoms with Gasteiger partial charge in [0.2, 0.25) is 5.75 Å². The van der Waals surface area contributed by atoms with Crippen molar-refractivity contribution < 1.29 is 24.7 Å². The van der Waals surface area contributed by atoms with Gasteiger partial charge in [0.15, 0.2) is 5.60 Å². The number of aromatic nitrogens is 1. The fourth-order valence-corrected chi connectivity index (χ4v) is 0.912. The van der Waals surface area contributed by atoms with Crippen LogP contribution >= 0.6 is 0 Å². The highest BCUT2D eigenvalue weighted by atomic mass is 16.6. The van der Waals surface area contributed by atoms with Crippen LogP contribution in [0.3, 0.4) is 0 Å². The Balaban J connectivity index is 2.83. The molecule has 0 saturated carbocycles. The minimum absolute atomic E-state index is 0.195. The number of hydrogen-bond acceptors (Lipinski definition) is 6. The highest BCUT2D eigenvalue weighted by Crippen LogP contribution is 2.23. The molecule has 2 N–H and O–H groups in total. The van der Waals surface area contributed by atoms with Gasteiger partial charge in [0.25, 0.3) is 0 Å². The summed E-state index contributed by atoms with van der Waals surface area (Å²) in [5, 5.41) is 28.6. The van der Waals surface area contributed by atoms with Crippen LogP contribution in [0.15, 0.2) is 18.3 Å². The fourth-order valence-electron chi connectivity index (χ4n) is 0.912. The first-order valence-electron chi connectivity index (χ1n) is 4.52. The number of aliphatic hydroxyl groups is 1. The van der Waals surface area contributed by atoms with Gasteiger partial charge in [-0.2, -0.15) is 0 Å². The van der Waals surface area contributed by atoms with Crippen molar-refractivity contribution in [2.24, 2.45) is 0 Å². The lowest BCUT2D eigenvalue weighted by atomic mass is 10.1. The smallest absolute Gasteiger partial charge is 0.406 e. The Hall–Kier alpha value is -2.22. The first kappa shape index (κ1) is 12.8. The largest absolute Gasteiger partial charge is 0.482 e. The lowest BCUT2D eigenvalue weighted by Gasteiger charge is -2.17. The third-order valence-corrected chi connectivity index (χ3v) is 1.89. The molecule has 0 radical (unpaired) electrons. The van der Waals surface area contributed by atoms with E-state index in [0.29, 0.717) is 0 Å². The number of nitro groups is 1. The summed E-state index contributed by atoms with van der Waals surface area (Å²) in [6, 6.07) is 2.67. The maximum absolute atomic E-state index is 10.6. The molecule has 8 nitrogen and oxygen atoms in total. The summed E-state index contributed by atoms with van der Waals surface area (Å²) in [5.41, 5.74) is -2.12. The SMILES string of the molecule is CC(O)(COc1cccnc1[N+](=O)[O-])C(=O)O. The van der Waals surface area contributed by atoms with Gasteiger partial charge in [-0.25, -0.2) is 4.79 Å². The van der Waals surface area contributed by atoms with E-state index in [-0.39, 0.29) is 5.75 Å². The molecular formula is C9H10N2O6. The maximum Gasteiger partial charge on any atom is 0.406 e. The number of carboxylic acids is 1. The summed E-state index contributed by atoms with van der Waals surface area (Å²) in [6.07, 6.45) is 1.21. The minimum atomic E-state index is -2.12. The lowest BCUT2D eigenvalue weighted by Crippen LogP contribution is -2.41. The molecule has 0 amide bonds. The molecule has 92 valence electrons. The molecule has 0 aliphatic carbocycles. The van der Waals surface area contributed by atoms with E-state index >= 15 is 0 Å². The number of aliphatic carboxylic acids is 1. The van der Waals surface area contributed by atoms with Crippen molar-refractivity contribution in [2.75, 3.05) is 6.61 Å². The molecule has 0 bridgehead atoms. The van der Waals surface area contributed by atoms with Crippen molar-refractivity contribution in [1.82, 2.24) is 4.98 Å². The molecule has 0 saturated heterocycles. The van der Waals surface area contributed by atoms with Crippen LogP contribution in [0.2, 0.25) is 0 Å². The van der Waals surface area contributed by atoms with Gasteiger partial charge in [0.05, 0.1) is 0 Å². The highest BCUT2D eigenvalue weighted by Gasteiger charge is 2.32. The topological polar surface area (TPSA) is 123 Å². The average Bonchev–Trinajstić information content (AvgIpc) is 2.26. The van der Waals surface area contributed by atoms with E-state index in [1.807, 2.05) is 0 Å². The Morgan fingerprint density at radius 3 is 2.88 bits per heavy atom. The first-order chi connectivity index (χ1) is 7.84. The van der Waals surface area contributed by atoms with E-state index in [1.165, 1.54) is 18.3 Å². The van der Waals surface area contributed by atoms with Crippen molar-refractivity contribution in [3.63, 3.8) is 0 Å². The van der Waals surface area contributed by atoms with Crippen molar-refractivity contribution in [3.05, 3.63) is 28.4 Å². The van der Waals surface area contributed by atoms with E-state index in [1.54, 1.807) is 0 Å². The van der Waals surface area contributed by atoms with Gasteiger partial charge in [-0.15, -0.1) is 0 Å². The molecule has 0 aromatic carbocycles. The number of carboxylic acid groups (broad SMARTS) is 1. The zero-order valence-electron chi connectivity index (χ0n) is 8.86. The highest BCUT2D eigenvalue weighted by molar-refractivity contribution is 5.76. The monoisotopic (exact) mass is 242 g/mol. The lowest BCUT2D eigenvalue weighted by molar-refractivity contribution is -0.390. The number of rotatable bonds is 5. The second kappa shape index (κ2) is 4.74. The van der Waals surface area contributed by atoms with E-state index in [0.717, 1.165) is 6.92 Å². The summed E-state index contributed by atoms with van der Waals surface area (Å²) in [4.78, 5) is 23.9. The van der Waals surface area contributed by atoms with E-state index in [2.05, 4.69) is 4.98 Å². The standard InChI is InChI=1S/C9H10N2O6/c1-9(14,8(12)13)5-17-6-3-2-4-10-7(6)11(15)16/h2-4,14H,5H2,1H3,(H,12,13). The Labute approximate surface area is 95.6 Å². The zero-order valence-corrected chi connectivity index (χ0v) is 8.86. The van der Waals surface area contributed by atoms with Crippen LogP contribution in [0.1, 0.15) is 6.92 Å². The van der Waals surface area contributed by atoms with Gasteiger partial charge < -0.3 is 25.1 Å². The molecule has 0 aliphatic rings. The number of carbonyl (C=O) groups is 1. The molecular weight excluding hydrogens is 232 g/mol. The molecule has 1 aromatic heterocycles. The summed E-state index contributed by atoms with van der Waals surface area (Å²) in [5.74, 6) is -2.21. The second-order valence-corrected chi connectivity index (χ2v) is 3.45. The summed E-state index contributed by atoms with van der Waals surface area (Å²) in [7, 11) is 0. The van der Waals surface area contributed by atoms with Crippen LogP contribution in [0.4, 0.5) is 5.82 Å². The number of ether oxygens (including phenoxy) is 1. The third-order valence-electron chi connectivity index (χ3n) is 1.89. The number of hydrogen-bond donors (Lipinski definition) is 2. The number of pyridine rings is 1. The van der Waals surface area contributed by atoms with E-state index < -0.39 is 28.9 Å². The van der Waals surface area contributed by atoms with Crippen molar-refractivity contribution >= 4 is 11.8 Å². The Morgan fingerprint density at radius 1 is 1.71 bits per heavy atom. The average molecular weight is 242 g/mol. The molecule has 1 atom stereocenters. The van der Waals surface area contributed by atoms with Gasteiger partial charge in [-0.3, -0.25) is 0 Å². The second-order valence-electron chi connectivity index (χ2n) is 3.45. The molecule has 0 fully saturated rings. The van der Waals surface area contributed by atoms with Crippen LogP contribution in [-0.2, 0) is 4.79 Å². The molecule has 17 heavy (non-hydrogen) atoms. The molecule has 0 spiro atoms. The third kappa shape index (κ3) is 3.11. The van der Waals surface area contributed by atoms with Gasteiger partial charge in [-0.1, -0.05) is 0 Å². The molecule has 1 heterocycles. The predicted molar refractivity (Wildman–Crippen MR) is 54.6 cm³/mol. The van der Waals surface area contributed by atoms with Crippen molar-refractivity contribution in [1.29, 1.82) is 0 Å². The molecule has 8 heteroatoms. The van der Waals surface area contributed by atoms with Gasteiger partial charge in [-0.05, 0) is 29.0 Å². The fraction of sp³-hybridized carbons (Fsp3) is 0.333. The minimum Gasteiger partial charge on any atom is -0.482 e. The van der Waals surface area contributed by atoms with Gasteiger partial charge >= 0.3 is 11.8 Å². The van der Waals surface area contributed by atoms with Crippen molar-refractivity contribution in [2.45, 2.75) is 12.5 Å². The Bertz CT molecular complexity index is 445. The van der Waals surface area contributed by atoms with Crippen LogP contribution in [0.25, 0.3) is 0 Å². The van der Waals surface area contributed by atoms with Crippen LogP contribution in [-0.4, -0.2) is 38.3 Å². The van der Waals surface area contributed by atoms with E-state index in [9.17, 15) is 20.0 Å². The van der Waals surface area contributed by atoms with Gasteiger partial charge in [0, 0.05) is 0 Å². The first-order valence-corrected chi connectivity index (χ1v) is 4.52. The van der Waals surface area contributed by atoms with E-state index in [4.69, 9.17) is 9.84 Å². The van der Waals surface area contributed by atoms with Crippen molar-refractivity contribution in [3.8, 4) is 5.75 Å². The maximum atomic E-state index is 10.6. The van der Waals surface area contributed by atoms with Crippen LogP contribution < -0.4 is 4.74 Å². The number of nitrogens with zero attached hydrogens (tertiary/aromatic N) is 2. The van der Waals surface area contributed by atoms with Crippen LogP contribution in [0.5, 0.6) is 5.75 Å². The Morgan fingerprint density at radius 2 is 2.35 bits per heavy atom. The quantitative estimate of drug-likeness (QED) is 0.558. The summed E-state index contributed by atoms with van der Waals surface area (Å²) < 4.78 is 4.89. The van der Waals surface area contributed by atoms with Crippen LogP contribution in [0, 0.1) is 10.1 Å². The summed E-state index contributed by atoms with van der Waals surface area (Å²) >= 11 is 0. The molecule has 1 rings (SSSR count). The normalized spacial score (nSPS) is 13.8. The predicted octanol–water partition coefficient (Wildman–Crippen LogP) is 0.204.